The van der Waals surface area contributed by atoms with E-state index in [2.05, 4.69) is 15.5 Å². The molecule has 1 aromatic carbocycles. The van der Waals surface area contributed by atoms with Gasteiger partial charge >= 0.3 is 0 Å². The largest absolute Gasteiger partial charge is 0.382 e. The summed E-state index contributed by atoms with van der Waals surface area (Å²) >= 11 is 0. The number of aromatic amines is 1. The number of para-hydroxylation sites is 1. The Morgan fingerprint density at radius 1 is 1.32 bits per heavy atom. The first-order valence-electron chi connectivity index (χ1n) is 5.12. The van der Waals surface area contributed by atoms with Crippen molar-refractivity contribution in [1.29, 1.82) is 0 Å². The number of H-pyrrole nitrogens is 1. The van der Waals surface area contributed by atoms with Crippen LogP contribution in [0.5, 0.6) is 0 Å². The van der Waals surface area contributed by atoms with Crippen LogP contribution in [0.1, 0.15) is 10.5 Å². The summed E-state index contributed by atoms with van der Waals surface area (Å²) in [4.78, 5) is 11.7. The molecule has 8 nitrogen and oxygen atoms in total. The molecule has 0 bridgehead atoms. The number of aromatic nitrogens is 2. The summed E-state index contributed by atoms with van der Waals surface area (Å²) in [6.45, 7) is 0. The van der Waals surface area contributed by atoms with Crippen molar-refractivity contribution >= 4 is 27.4 Å². The molecule has 0 radical (unpaired) electrons. The number of hydrogen-bond donors (Lipinski definition) is 4. The number of nitrogens with two attached hydrogens (primary N) is 2. The highest BCUT2D eigenvalue weighted by Crippen LogP contribution is 2.19. The van der Waals surface area contributed by atoms with Gasteiger partial charge in [-0.15, -0.1) is 0 Å². The molecule has 2 aromatic rings. The molecule has 0 fully saturated rings. The average molecular weight is 281 g/mol. The van der Waals surface area contributed by atoms with Crippen LogP contribution in [0.3, 0.4) is 0 Å². The molecule has 2 rings (SSSR count). The van der Waals surface area contributed by atoms with Gasteiger partial charge in [0, 0.05) is 6.07 Å². The van der Waals surface area contributed by atoms with Crippen molar-refractivity contribution < 1.29 is 13.2 Å². The SMILES string of the molecule is Nc1cc(C(=O)Nc2ccccc2S(N)(=O)=O)[nH]n1. The van der Waals surface area contributed by atoms with Crippen LogP contribution in [0, 0.1) is 0 Å². The molecule has 1 aromatic heterocycles. The third-order valence-electron chi connectivity index (χ3n) is 2.28. The number of nitrogen functional groups attached to an aromatic ring is 1. The Labute approximate surface area is 108 Å². The van der Waals surface area contributed by atoms with E-state index >= 15 is 0 Å². The van der Waals surface area contributed by atoms with Gasteiger partial charge in [-0.05, 0) is 12.1 Å². The fourth-order valence-corrected chi connectivity index (χ4v) is 2.16. The first kappa shape index (κ1) is 13.1. The molecule has 0 atom stereocenters. The Morgan fingerprint density at radius 2 is 2.00 bits per heavy atom. The van der Waals surface area contributed by atoms with Gasteiger partial charge in [-0.3, -0.25) is 9.89 Å². The molecule has 1 heterocycles. The van der Waals surface area contributed by atoms with Crippen molar-refractivity contribution in [2.45, 2.75) is 4.90 Å². The van der Waals surface area contributed by atoms with Gasteiger partial charge in [0.1, 0.15) is 16.4 Å². The number of hydrogen-bond acceptors (Lipinski definition) is 5. The van der Waals surface area contributed by atoms with E-state index in [1.807, 2.05) is 0 Å². The number of nitrogens with one attached hydrogen (secondary N) is 2. The summed E-state index contributed by atoms with van der Waals surface area (Å²) < 4.78 is 22.7. The van der Waals surface area contributed by atoms with E-state index in [4.69, 9.17) is 10.9 Å². The highest BCUT2D eigenvalue weighted by molar-refractivity contribution is 7.89. The molecule has 0 aliphatic carbocycles. The molecule has 6 N–H and O–H groups in total. The second kappa shape index (κ2) is 4.71. The predicted octanol–water partition coefficient (Wildman–Crippen LogP) is -0.108. The van der Waals surface area contributed by atoms with Gasteiger partial charge in [0.25, 0.3) is 5.91 Å². The van der Waals surface area contributed by atoms with Crippen LogP contribution in [-0.4, -0.2) is 24.5 Å². The molecule has 0 unspecified atom stereocenters. The van der Waals surface area contributed by atoms with E-state index in [0.717, 1.165) is 0 Å². The smallest absolute Gasteiger partial charge is 0.273 e. The van der Waals surface area contributed by atoms with Gasteiger partial charge in [0.15, 0.2) is 0 Å². The van der Waals surface area contributed by atoms with Crippen LogP contribution in [0.15, 0.2) is 35.2 Å². The second-order valence-electron chi connectivity index (χ2n) is 3.70. The standard InChI is InChI=1S/C10H11N5O3S/c11-9-5-7(14-15-9)10(16)13-6-3-1-2-4-8(6)19(12,17)18/h1-5H,(H,13,16)(H3,11,14,15)(H2,12,17,18). The third kappa shape index (κ3) is 2.89. The highest BCUT2D eigenvalue weighted by Gasteiger charge is 2.16. The summed E-state index contributed by atoms with van der Waals surface area (Å²) in [7, 11) is -3.92. The lowest BCUT2D eigenvalue weighted by molar-refractivity contribution is 0.102. The minimum absolute atomic E-state index is 0.0863. The van der Waals surface area contributed by atoms with Crippen molar-refractivity contribution in [3.8, 4) is 0 Å². The zero-order chi connectivity index (χ0) is 14.0. The first-order valence-corrected chi connectivity index (χ1v) is 6.66. The van der Waals surface area contributed by atoms with E-state index in [1.165, 1.54) is 24.3 Å². The molecular weight excluding hydrogens is 270 g/mol. The Morgan fingerprint density at radius 3 is 2.58 bits per heavy atom. The maximum absolute atomic E-state index is 11.8. The topological polar surface area (TPSA) is 144 Å². The number of primary sulfonamides is 1. The fraction of sp³-hybridized carbons (Fsp3) is 0. The Kier molecular flexibility index (Phi) is 3.23. The van der Waals surface area contributed by atoms with Gasteiger partial charge in [-0.25, -0.2) is 13.6 Å². The van der Waals surface area contributed by atoms with E-state index in [1.54, 1.807) is 6.07 Å². The minimum atomic E-state index is -3.92. The third-order valence-corrected chi connectivity index (χ3v) is 3.25. The van der Waals surface area contributed by atoms with E-state index in [-0.39, 0.29) is 22.1 Å². The molecule has 0 aliphatic heterocycles. The maximum atomic E-state index is 11.8. The zero-order valence-electron chi connectivity index (χ0n) is 9.62. The number of anilines is 2. The average Bonchev–Trinajstić information content (AvgIpc) is 2.75. The highest BCUT2D eigenvalue weighted by atomic mass is 32.2. The Bertz CT molecular complexity index is 722. The van der Waals surface area contributed by atoms with Crippen molar-refractivity contribution in [2.75, 3.05) is 11.1 Å². The molecular formula is C10H11N5O3S. The zero-order valence-corrected chi connectivity index (χ0v) is 10.4. The number of carbonyl (C=O) groups excluding carboxylic acids is 1. The van der Waals surface area contributed by atoms with E-state index in [9.17, 15) is 13.2 Å². The van der Waals surface area contributed by atoms with Crippen LogP contribution in [0.4, 0.5) is 11.5 Å². The lowest BCUT2D eigenvalue weighted by atomic mass is 10.3. The summed E-state index contributed by atoms with van der Waals surface area (Å²) in [5.74, 6) is -0.412. The van der Waals surface area contributed by atoms with Gasteiger partial charge in [-0.1, -0.05) is 12.1 Å². The number of rotatable bonds is 3. The molecule has 9 heteroatoms. The van der Waals surface area contributed by atoms with Gasteiger partial charge < -0.3 is 11.1 Å². The molecule has 0 spiro atoms. The molecule has 0 aliphatic rings. The molecule has 19 heavy (non-hydrogen) atoms. The normalized spacial score (nSPS) is 11.2. The van der Waals surface area contributed by atoms with Crippen LogP contribution in [0.25, 0.3) is 0 Å². The van der Waals surface area contributed by atoms with Crippen molar-refractivity contribution in [3.63, 3.8) is 0 Å². The monoisotopic (exact) mass is 281 g/mol. The summed E-state index contributed by atoms with van der Waals surface area (Å²) in [5.41, 5.74) is 5.57. The Balaban J connectivity index is 2.32. The van der Waals surface area contributed by atoms with E-state index < -0.39 is 15.9 Å². The molecule has 0 saturated heterocycles. The lowest BCUT2D eigenvalue weighted by Gasteiger charge is -2.08. The number of nitrogens with zero attached hydrogens (tertiary/aromatic N) is 1. The Hall–Kier alpha value is -2.39. The molecule has 0 saturated carbocycles. The van der Waals surface area contributed by atoms with Gasteiger partial charge in [-0.2, -0.15) is 5.10 Å². The van der Waals surface area contributed by atoms with Crippen molar-refractivity contribution in [1.82, 2.24) is 10.2 Å². The van der Waals surface area contributed by atoms with Crippen LogP contribution in [-0.2, 0) is 10.0 Å². The summed E-state index contributed by atoms with van der Waals surface area (Å²) in [6.07, 6.45) is 0. The second-order valence-corrected chi connectivity index (χ2v) is 5.23. The quantitative estimate of drug-likeness (QED) is 0.620. The summed E-state index contributed by atoms with van der Waals surface area (Å²) in [5, 5.41) is 13.5. The van der Waals surface area contributed by atoms with E-state index in [0.29, 0.717) is 0 Å². The summed E-state index contributed by atoms with van der Waals surface area (Å²) in [6, 6.07) is 7.13. The predicted molar refractivity (Wildman–Crippen MR) is 68.8 cm³/mol. The van der Waals surface area contributed by atoms with Crippen molar-refractivity contribution in [2.24, 2.45) is 5.14 Å². The molecule has 1 amide bonds. The van der Waals surface area contributed by atoms with Gasteiger partial charge in [0.2, 0.25) is 10.0 Å². The first-order chi connectivity index (χ1) is 8.88. The van der Waals surface area contributed by atoms with Gasteiger partial charge in [0.05, 0.1) is 5.69 Å². The maximum Gasteiger partial charge on any atom is 0.273 e. The number of amides is 1. The number of carbonyl (C=O) groups is 1. The number of benzene rings is 1. The van der Waals surface area contributed by atoms with Crippen LogP contribution < -0.4 is 16.2 Å². The molecule has 100 valence electrons. The minimum Gasteiger partial charge on any atom is -0.382 e. The fourth-order valence-electron chi connectivity index (χ4n) is 1.46. The van der Waals surface area contributed by atoms with Crippen molar-refractivity contribution in [3.05, 3.63) is 36.0 Å². The van der Waals surface area contributed by atoms with Crippen LogP contribution in [0.2, 0.25) is 0 Å². The van der Waals surface area contributed by atoms with Crippen LogP contribution >= 0.6 is 0 Å². The number of sulfonamides is 1. The lowest BCUT2D eigenvalue weighted by Crippen LogP contribution is -2.18.